The van der Waals surface area contributed by atoms with Gasteiger partial charge in [-0.2, -0.15) is 0 Å². The van der Waals surface area contributed by atoms with Crippen molar-refractivity contribution in [3.63, 3.8) is 0 Å². The van der Waals surface area contributed by atoms with E-state index in [1.807, 2.05) is 18.2 Å². The van der Waals surface area contributed by atoms with E-state index in [4.69, 9.17) is 21.1 Å². The molecule has 0 amide bonds. The fourth-order valence-corrected chi connectivity index (χ4v) is 6.38. The largest absolute Gasteiger partial charge is 0.490 e. The first kappa shape index (κ1) is 23.2. The zero-order chi connectivity index (χ0) is 23.7. The van der Waals surface area contributed by atoms with Crippen molar-refractivity contribution in [3.8, 4) is 5.75 Å². The van der Waals surface area contributed by atoms with Gasteiger partial charge in [0, 0.05) is 29.9 Å². The van der Waals surface area contributed by atoms with Gasteiger partial charge >= 0.3 is 5.97 Å². The topological polar surface area (TPSA) is 55.8 Å². The van der Waals surface area contributed by atoms with Gasteiger partial charge in [0.15, 0.2) is 0 Å². The molecule has 0 unspecified atom stereocenters. The van der Waals surface area contributed by atoms with Crippen molar-refractivity contribution in [2.75, 3.05) is 31.7 Å². The van der Waals surface area contributed by atoms with Gasteiger partial charge in [0.2, 0.25) is 0 Å². The van der Waals surface area contributed by atoms with Crippen molar-refractivity contribution in [1.82, 2.24) is 0 Å². The smallest absolute Gasteiger partial charge is 0.337 e. The van der Waals surface area contributed by atoms with E-state index in [0.717, 1.165) is 61.5 Å². The number of ether oxygens (including phenoxy) is 2. The Morgan fingerprint density at radius 1 is 1.24 bits per heavy atom. The lowest BCUT2D eigenvalue weighted by Gasteiger charge is -2.44. The number of methoxy groups -OCH3 is 1. The lowest BCUT2D eigenvalue weighted by Crippen LogP contribution is -2.48. The summed E-state index contributed by atoms with van der Waals surface area (Å²) in [5.41, 5.74) is 4.01. The summed E-state index contributed by atoms with van der Waals surface area (Å²) in [5.74, 6) is 1.59. The number of rotatable bonds is 6. The number of anilines is 1. The van der Waals surface area contributed by atoms with E-state index in [1.165, 1.54) is 31.1 Å². The van der Waals surface area contributed by atoms with E-state index in [9.17, 15) is 9.59 Å². The van der Waals surface area contributed by atoms with Crippen LogP contribution >= 0.6 is 11.6 Å². The van der Waals surface area contributed by atoms with Crippen LogP contribution < -0.4 is 9.64 Å². The van der Waals surface area contributed by atoms with Gasteiger partial charge in [-0.05, 0) is 91.8 Å². The Morgan fingerprint density at radius 3 is 2.85 bits per heavy atom. The van der Waals surface area contributed by atoms with Crippen LogP contribution in [0.2, 0.25) is 5.02 Å². The minimum Gasteiger partial charge on any atom is -0.490 e. The molecule has 2 aromatic carbocycles. The number of aldehydes is 1. The van der Waals surface area contributed by atoms with E-state index in [1.54, 1.807) is 6.07 Å². The summed E-state index contributed by atoms with van der Waals surface area (Å²) in [4.78, 5) is 25.7. The molecule has 1 spiro atoms. The van der Waals surface area contributed by atoms with Gasteiger partial charge in [0.25, 0.3) is 0 Å². The van der Waals surface area contributed by atoms with Crippen LogP contribution in [0.1, 0.15) is 60.0 Å². The molecule has 180 valence electrons. The molecule has 6 heteroatoms. The third kappa shape index (κ3) is 4.31. The first-order valence-corrected chi connectivity index (χ1v) is 12.7. The number of esters is 1. The van der Waals surface area contributed by atoms with Crippen molar-refractivity contribution in [3.05, 3.63) is 58.1 Å². The molecule has 0 N–H and O–H groups in total. The van der Waals surface area contributed by atoms with E-state index in [0.29, 0.717) is 30.4 Å². The third-order valence-electron chi connectivity index (χ3n) is 8.14. The molecule has 0 bridgehead atoms. The molecule has 5 rings (SSSR count). The molecule has 1 saturated carbocycles. The van der Waals surface area contributed by atoms with Gasteiger partial charge in [-0.3, -0.25) is 0 Å². The minimum atomic E-state index is -0.341. The molecular formula is C28H32ClNO4. The molecule has 2 aromatic rings. The number of aryl methyl sites for hydroxylation is 1. The number of halogens is 1. The monoisotopic (exact) mass is 481 g/mol. The van der Waals surface area contributed by atoms with Crippen LogP contribution in [0.4, 0.5) is 5.69 Å². The van der Waals surface area contributed by atoms with Crippen molar-refractivity contribution in [2.24, 2.45) is 11.8 Å². The van der Waals surface area contributed by atoms with Gasteiger partial charge in [-0.25, -0.2) is 4.79 Å². The van der Waals surface area contributed by atoms with Crippen LogP contribution in [0.3, 0.4) is 0 Å². The fourth-order valence-electron chi connectivity index (χ4n) is 6.18. The lowest BCUT2D eigenvalue weighted by molar-refractivity contribution is -0.108. The second kappa shape index (κ2) is 9.61. The minimum absolute atomic E-state index is 0.134. The van der Waals surface area contributed by atoms with Gasteiger partial charge in [-0.1, -0.05) is 17.7 Å². The average Bonchev–Trinajstić information content (AvgIpc) is 2.98. The predicted molar refractivity (Wildman–Crippen MR) is 133 cm³/mol. The highest BCUT2D eigenvalue weighted by atomic mass is 35.5. The SMILES string of the molecule is COC(=O)c1ccc2c(c1)N(C[C@@H]1CC[C@H]1CCC=O)C[C@@]1(CCCc3cc(Cl)ccc31)CO2. The lowest BCUT2D eigenvalue weighted by atomic mass is 9.69. The highest BCUT2D eigenvalue weighted by Crippen LogP contribution is 2.46. The van der Waals surface area contributed by atoms with Crippen molar-refractivity contribution in [1.29, 1.82) is 0 Å². The van der Waals surface area contributed by atoms with Crippen LogP contribution in [0.25, 0.3) is 0 Å². The Bertz CT molecular complexity index is 1090. The second-order valence-electron chi connectivity index (χ2n) is 10.1. The molecule has 34 heavy (non-hydrogen) atoms. The summed E-state index contributed by atoms with van der Waals surface area (Å²) < 4.78 is 11.5. The van der Waals surface area contributed by atoms with E-state index in [2.05, 4.69) is 17.0 Å². The van der Waals surface area contributed by atoms with Crippen molar-refractivity contribution in [2.45, 2.75) is 50.4 Å². The van der Waals surface area contributed by atoms with Gasteiger partial charge in [-0.15, -0.1) is 0 Å². The highest BCUT2D eigenvalue weighted by Gasteiger charge is 2.43. The molecule has 1 fully saturated rings. The Hall–Kier alpha value is -2.53. The zero-order valence-corrected chi connectivity index (χ0v) is 20.5. The van der Waals surface area contributed by atoms with Crippen LogP contribution in [0.15, 0.2) is 36.4 Å². The molecule has 0 radical (unpaired) electrons. The summed E-state index contributed by atoms with van der Waals surface area (Å²) in [6, 6.07) is 11.9. The number of hydrogen-bond acceptors (Lipinski definition) is 5. The molecule has 0 saturated heterocycles. The van der Waals surface area contributed by atoms with E-state index >= 15 is 0 Å². The van der Waals surface area contributed by atoms with Gasteiger partial charge in [0.1, 0.15) is 12.0 Å². The Labute approximate surface area is 206 Å². The average molecular weight is 482 g/mol. The number of carbonyl (C=O) groups excluding carboxylic acids is 2. The molecule has 1 heterocycles. The Balaban J connectivity index is 1.52. The van der Waals surface area contributed by atoms with Crippen molar-refractivity contribution >= 4 is 29.5 Å². The van der Waals surface area contributed by atoms with Crippen molar-refractivity contribution < 1.29 is 19.1 Å². The highest BCUT2D eigenvalue weighted by molar-refractivity contribution is 6.30. The first-order valence-electron chi connectivity index (χ1n) is 12.4. The molecule has 2 aliphatic carbocycles. The summed E-state index contributed by atoms with van der Waals surface area (Å²) in [6.07, 6.45) is 8.16. The summed E-state index contributed by atoms with van der Waals surface area (Å²) in [5, 5.41) is 0.778. The van der Waals surface area contributed by atoms with E-state index in [-0.39, 0.29) is 11.4 Å². The summed E-state index contributed by atoms with van der Waals surface area (Å²) in [6.45, 7) is 2.33. The molecular weight excluding hydrogens is 450 g/mol. The second-order valence-corrected chi connectivity index (χ2v) is 10.6. The van der Waals surface area contributed by atoms with Crippen LogP contribution in [-0.2, 0) is 21.4 Å². The Morgan fingerprint density at radius 2 is 2.09 bits per heavy atom. The third-order valence-corrected chi connectivity index (χ3v) is 8.38. The maximum absolute atomic E-state index is 12.3. The molecule has 1 aliphatic heterocycles. The summed E-state index contributed by atoms with van der Waals surface area (Å²) in [7, 11) is 1.41. The van der Waals surface area contributed by atoms with Crippen LogP contribution in [-0.4, -0.2) is 39.1 Å². The zero-order valence-electron chi connectivity index (χ0n) is 19.7. The van der Waals surface area contributed by atoms with E-state index < -0.39 is 0 Å². The quantitative estimate of drug-likeness (QED) is 0.396. The molecule has 0 aromatic heterocycles. The van der Waals surface area contributed by atoms with Crippen LogP contribution in [0.5, 0.6) is 5.75 Å². The fraction of sp³-hybridized carbons (Fsp3) is 0.500. The standard InChI is InChI=1S/C28H32ClNO4/c1-33-27(32)21-8-11-26-25(15-21)30(16-22-7-6-19(22)5-3-13-31)17-28(18-34-26)12-2-4-20-14-23(29)9-10-24(20)28/h8-11,13-15,19,22H,2-7,12,16-18H2,1H3/t19-,22+,28+/m1/s1. The normalized spacial score (nSPS) is 25.4. The molecule has 3 atom stereocenters. The Kier molecular flexibility index (Phi) is 6.57. The number of benzene rings is 2. The number of carbonyl (C=O) groups is 2. The number of fused-ring (bicyclic) bond motifs is 3. The summed E-state index contributed by atoms with van der Waals surface area (Å²) >= 11 is 6.34. The maximum atomic E-state index is 12.3. The predicted octanol–water partition coefficient (Wildman–Crippen LogP) is 5.61. The first-order chi connectivity index (χ1) is 16.5. The van der Waals surface area contributed by atoms with Gasteiger partial charge < -0.3 is 19.2 Å². The van der Waals surface area contributed by atoms with Crippen LogP contribution in [0, 0.1) is 11.8 Å². The number of nitrogens with zero attached hydrogens (tertiary/aromatic N) is 1. The molecule has 3 aliphatic rings. The number of hydrogen-bond donors (Lipinski definition) is 0. The molecule has 5 nitrogen and oxygen atoms in total. The van der Waals surface area contributed by atoms with Gasteiger partial charge in [0.05, 0.1) is 25.0 Å². The maximum Gasteiger partial charge on any atom is 0.337 e.